The summed E-state index contributed by atoms with van der Waals surface area (Å²) in [4.78, 5) is 34.0. The Bertz CT molecular complexity index is 925. The topological polar surface area (TPSA) is 86.6 Å². The van der Waals surface area contributed by atoms with Crippen LogP contribution < -0.4 is 4.90 Å². The number of carbonyl (C=O) groups is 2. The van der Waals surface area contributed by atoms with Gasteiger partial charge in [0.2, 0.25) is 5.95 Å². The van der Waals surface area contributed by atoms with Gasteiger partial charge in [-0.25, -0.2) is 19.2 Å². The number of anilines is 1. The molecule has 0 saturated carbocycles. The lowest BCUT2D eigenvalue weighted by molar-refractivity contribution is -0.192. The largest absolute Gasteiger partial charge is 0.490 e. The Hall–Kier alpha value is -3.24. The molecule has 0 aliphatic carbocycles. The van der Waals surface area contributed by atoms with Crippen molar-refractivity contribution in [2.75, 3.05) is 24.5 Å². The van der Waals surface area contributed by atoms with Crippen molar-refractivity contribution in [1.29, 1.82) is 0 Å². The fourth-order valence-electron chi connectivity index (χ4n) is 3.54. The maximum Gasteiger partial charge on any atom is 0.490 e. The van der Waals surface area contributed by atoms with Crippen LogP contribution in [0.3, 0.4) is 0 Å². The molecule has 3 heterocycles. The lowest BCUT2D eigenvalue weighted by atomic mass is 9.84. The van der Waals surface area contributed by atoms with Crippen molar-refractivity contribution in [1.82, 2.24) is 14.9 Å². The highest BCUT2D eigenvalue weighted by molar-refractivity contribution is 5.94. The van der Waals surface area contributed by atoms with Crippen LogP contribution in [0, 0.1) is 5.82 Å². The number of rotatable bonds is 2. The number of aliphatic carboxylic acids is 1. The molecule has 1 unspecified atom stereocenters. The lowest BCUT2D eigenvalue weighted by Gasteiger charge is -2.50. The Balaban J connectivity index is 0.000000318. The summed E-state index contributed by atoms with van der Waals surface area (Å²) in [6.45, 7) is 2.13. The molecular weight excluding hydrogens is 408 g/mol. The lowest BCUT2D eigenvalue weighted by Crippen LogP contribution is -2.62. The first-order valence-corrected chi connectivity index (χ1v) is 9.03. The number of carboxylic acid groups (broad SMARTS) is 1. The minimum Gasteiger partial charge on any atom is -0.475 e. The smallest absolute Gasteiger partial charge is 0.475 e. The van der Waals surface area contributed by atoms with E-state index in [1.807, 2.05) is 0 Å². The summed E-state index contributed by atoms with van der Waals surface area (Å²) in [5.41, 5.74) is 0.0498. The molecule has 1 aromatic carbocycles. The third-order valence-corrected chi connectivity index (χ3v) is 5.13. The molecule has 0 radical (unpaired) electrons. The monoisotopic (exact) mass is 426 g/mol. The second-order valence-corrected chi connectivity index (χ2v) is 6.93. The molecule has 1 atom stereocenters. The summed E-state index contributed by atoms with van der Waals surface area (Å²) >= 11 is 0. The maximum absolute atomic E-state index is 13.8. The molecule has 2 fully saturated rings. The molecule has 2 aromatic rings. The van der Waals surface area contributed by atoms with Gasteiger partial charge in [0, 0.05) is 32.0 Å². The van der Waals surface area contributed by atoms with E-state index in [1.165, 1.54) is 6.07 Å². The number of amides is 1. The van der Waals surface area contributed by atoms with E-state index in [1.54, 1.807) is 41.6 Å². The van der Waals surface area contributed by atoms with Gasteiger partial charge in [-0.15, -0.1) is 0 Å². The number of carbonyl (C=O) groups excluding carboxylic acids is 1. The Morgan fingerprint density at radius 2 is 1.63 bits per heavy atom. The van der Waals surface area contributed by atoms with Crippen molar-refractivity contribution >= 4 is 17.8 Å². The van der Waals surface area contributed by atoms with Gasteiger partial charge in [0.05, 0.1) is 11.1 Å². The van der Waals surface area contributed by atoms with E-state index < -0.39 is 18.0 Å². The molecule has 1 spiro atoms. The predicted octanol–water partition coefficient (Wildman–Crippen LogP) is 2.74. The average molecular weight is 426 g/mol. The SMILES string of the molecule is O=C(O)C(F)(F)F.O=C(c1ccccc1F)N1CCC2(CCN2c2ncccn2)C1. The second-order valence-electron chi connectivity index (χ2n) is 6.93. The van der Waals surface area contributed by atoms with Crippen LogP contribution in [0.5, 0.6) is 0 Å². The molecule has 0 bridgehead atoms. The molecule has 160 valence electrons. The zero-order chi connectivity index (χ0) is 21.9. The van der Waals surface area contributed by atoms with Gasteiger partial charge in [0.25, 0.3) is 5.91 Å². The summed E-state index contributed by atoms with van der Waals surface area (Å²) in [5, 5.41) is 7.12. The van der Waals surface area contributed by atoms with Crippen molar-refractivity contribution in [3.05, 3.63) is 54.1 Å². The predicted molar refractivity (Wildman–Crippen MR) is 97.3 cm³/mol. The number of carboxylic acids is 1. The van der Waals surface area contributed by atoms with Gasteiger partial charge in [-0.05, 0) is 31.0 Å². The van der Waals surface area contributed by atoms with Crippen LogP contribution in [0.25, 0.3) is 0 Å². The molecule has 4 rings (SSSR count). The number of hydrogen-bond donors (Lipinski definition) is 1. The Kier molecular flexibility index (Phi) is 5.90. The van der Waals surface area contributed by atoms with Crippen molar-refractivity contribution < 1.29 is 32.3 Å². The minimum atomic E-state index is -5.08. The van der Waals surface area contributed by atoms with Crippen molar-refractivity contribution in [3.8, 4) is 0 Å². The summed E-state index contributed by atoms with van der Waals surface area (Å²) < 4.78 is 45.6. The molecule has 1 N–H and O–H groups in total. The molecule has 7 nitrogen and oxygen atoms in total. The number of alkyl halides is 3. The van der Waals surface area contributed by atoms with Crippen LogP contribution in [0.4, 0.5) is 23.5 Å². The van der Waals surface area contributed by atoms with Crippen LogP contribution >= 0.6 is 0 Å². The molecule has 2 aliphatic rings. The van der Waals surface area contributed by atoms with Crippen LogP contribution in [-0.4, -0.2) is 63.2 Å². The summed E-state index contributed by atoms with van der Waals surface area (Å²) in [7, 11) is 0. The number of likely N-dealkylation sites (tertiary alicyclic amines) is 1. The van der Waals surface area contributed by atoms with Gasteiger partial charge in [-0.1, -0.05) is 12.1 Å². The minimum absolute atomic E-state index is 0.0950. The van der Waals surface area contributed by atoms with Gasteiger partial charge < -0.3 is 14.9 Å². The third-order valence-electron chi connectivity index (χ3n) is 5.13. The van der Waals surface area contributed by atoms with E-state index in [2.05, 4.69) is 14.9 Å². The van der Waals surface area contributed by atoms with Crippen LogP contribution in [0.1, 0.15) is 23.2 Å². The third kappa shape index (κ3) is 4.34. The molecule has 11 heteroatoms. The van der Waals surface area contributed by atoms with E-state index in [9.17, 15) is 22.4 Å². The molecule has 30 heavy (non-hydrogen) atoms. The summed E-state index contributed by atoms with van der Waals surface area (Å²) in [5.74, 6) is -2.75. The second kappa shape index (κ2) is 8.25. The Morgan fingerprint density at radius 1 is 1.03 bits per heavy atom. The normalized spacial score (nSPS) is 20.4. The van der Waals surface area contributed by atoms with Crippen LogP contribution in [-0.2, 0) is 4.79 Å². The molecule has 2 saturated heterocycles. The number of hydrogen-bond acceptors (Lipinski definition) is 5. The molecule has 1 aromatic heterocycles. The first-order valence-electron chi connectivity index (χ1n) is 9.03. The first kappa shape index (κ1) is 21.5. The van der Waals surface area contributed by atoms with Gasteiger partial charge in [0.15, 0.2) is 0 Å². The molecular formula is C19H18F4N4O3. The summed E-state index contributed by atoms with van der Waals surface area (Å²) in [6.07, 6.45) is 0.245. The van der Waals surface area contributed by atoms with Gasteiger partial charge >= 0.3 is 12.1 Å². The van der Waals surface area contributed by atoms with E-state index >= 15 is 0 Å². The van der Waals surface area contributed by atoms with E-state index in [4.69, 9.17) is 9.90 Å². The Labute approximate surface area is 169 Å². The maximum atomic E-state index is 13.8. The highest BCUT2D eigenvalue weighted by Gasteiger charge is 2.51. The van der Waals surface area contributed by atoms with Gasteiger partial charge in [-0.3, -0.25) is 4.79 Å². The zero-order valence-corrected chi connectivity index (χ0v) is 15.6. The number of benzene rings is 1. The number of aromatic nitrogens is 2. The fourth-order valence-corrected chi connectivity index (χ4v) is 3.54. The molecule has 2 aliphatic heterocycles. The fraction of sp³-hybridized carbons (Fsp3) is 0.368. The summed E-state index contributed by atoms with van der Waals surface area (Å²) in [6, 6.07) is 7.94. The standard InChI is InChI=1S/C17H17FN4O.C2HF3O2/c18-14-5-2-1-4-13(14)15(23)21-10-6-17(12-21)7-11-22(17)16-19-8-3-9-20-16;3-2(4,5)1(6)7/h1-5,8-9H,6-7,10-12H2;(H,6,7). The highest BCUT2D eigenvalue weighted by atomic mass is 19.4. The van der Waals surface area contributed by atoms with E-state index in [0.717, 1.165) is 19.4 Å². The number of halogens is 4. The highest BCUT2D eigenvalue weighted by Crippen LogP contribution is 2.41. The molecule has 1 amide bonds. The quantitative estimate of drug-likeness (QED) is 0.744. The average Bonchev–Trinajstić information content (AvgIpc) is 3.16. The van der Waals surface area contributed by atoms with Crippen LogP contribution in [0.15, 0.2) is 42.7 Å². The Morgan fingerprint density at radius 3 is 2.17 bits per heavy atom. The van der Waals surface area contributed by atoms with Gasteiger partial charge in [0.1, 0.15) is 5.82 Å². The zero-order valence-electron chi connectivity index (χ0n) is 15.6. The van der Waals surface area contributed by atoms with Crippen molar-refractivity contribution in [2.24, 2.45) is 0 Å². The van der Waals surface area contributed by atoms with Crippen LogP contribution in [0.2, 0.25) is 0 Å². The van der Waals surface area contributed by atoms with Crippen molar-refractivity contribution in [3.63, 3.8) is 0 Å². The van der Waals surface area contributed by atoms with Gasteiger partial charge in [-0.2, -0.15) is 13.2 Å². The van der Waals surface area contributed by atoms with Crippen molar-refractivity contribution in [2.45, 2.75) is 24.6 Å². The first-order chi connectivity index (χ1) is 14.1. The number of nitrogens with zero attached hydrogens (tertiary/aromatic N) is 4. The van der Waals surface area contributed by atoms with E-state index in [-0.39, 0.29) is 17.0 Å². The van der Waals surface area contributed by atoms with E-state index in [0.29, 0.717) is 19.0 Å².